The van der Waals surface area contributed by atoms with Crippen LogP contribution in [0.2, 0.25) is 0 Å². The van der Waals surface area contributed by atoms with Crippen molar-refractivity contribution in [1.29, 1.82) is 0 Å². The van der Waals surface area contributed by atoms with Gasteiger partial charge in [-0.05, 0) is 62.1 Å². The molecular weight excluding hydrogens is 304 g/mol. The number of benzene rings is 1. The average molecular weight is 326 g/mol. The predicted molar refractivity (Wildman–Crippen MR) is 88.5 cm³/mol. The highest BCUT2D eigenvalue weighted by molar-refractivity contribution is 7.99. The van der Waals surface area contributed by atoms with Crippen LogP contribution < -0.4 is 10.0 Å². The molecule has 1 aromatic rings. The minimum Gasteiger partial charge on any atom is -0.385 e. The van der Waals surface area contributed by atoms with Crippen molar-refractivity contribution >= 4 is 27.5 Å². The first kappa shape index (κ1) is 15.2. The minimum absolute atomic E-state index is 0.0848. The van der Waals surface area contributed by atoms with Gasteiger partial charge in [-0.15, -0.1) is 0 Å². The number of rotatable bonds is 4. The van der Waals surface area contributed by atoms with Crippen LogP contribution in [0.3, 0.4) is 0 Å². The fourth-order valence-electron chi connectivity index (χ4n) is 3.17. The number of hydrogen-bond donors (Lipinski definition) is 2. The molecule has 0 bridgehead atoms. The molecule has 1 aliphatic heterocycles. The van der Waals surface area contributed by atoms with Gasteiger partial charge in [0, 0.05) is 23.5 Å². The van der Waals surface area contributed by atoms with Crippen molar-refractivity contribution in [2.24, 2.45) is 0 Å². The second-order valence-corrected chi connectivity index (χ2v) is 8.69. The molecule has 1 heterocycles. The minimum atomic E-state index is -3.40. The zero-order valence-corrected chi connectivity index (χ0v) is 13.9. The fourth-order valence-corrected chi connectivity index (χ4v) is 5.30. The zero-order valence-electron chi connectivity index (χ0n) is 12.3. The van der Waals surface area contributed by atoms with Crippen molar-refractivity contribution in [3.05, 3.63) is 23.8 Å². The molecule has 1 fully saturated rings. The van der Waals surface area contributed by atoms with Crippen molar-refractivity contribution in [1.82, 2.24) is 4.72 Å². The first-order valence-corrected chi connectivity index (χ1v) is 10.3. The van der Waals surface area contributed by atoms with E-state index in [1.54, 1.807) is 6.07 Å². The summed E-state index contributed by atoms with van der Waals surface area (Å²) in [6.45, 7) is 0.968. The van der Waals surface area contributed by atoms with Crippen molar-refractivity contribution in [2.75, 3.05) is 18.1 Å². The topological polar surface area (TPSA) is 58.2 Å². The highest BCUT2D eigenvalue weighted by atomic mass is 32.2. The van der Waals surface area contributed by atoms with Gasteiger partial charge in [0.25, 0.3) is 0 Å². The molecule has 2 aliphatic rings. The van der Waals surface area contributed by atoms with E-state index in [9.17, 15) is 8.42 Å². The molecule has 0 radical (unpaired) electrons. The van der Waals surface area contributed by atoms with E-state index in [2.05, 4.69) is 16.3 Å². The molecule has 2 atom stereocenters. The van der Waals surface area contributed by atoms with E-state index in [1.807, 2.05) is 23.9 Å². The Morgan fingerprint density at radius 1 is 1.33 bits per heavy atom. The van der Waals surface area contributed by atoms with Crippen LogP contribution in [-0.4, -0.2) is 32.5 Å². The summed E-state index contributed by atoms with van der Waals surface area (Å²) >= 11 is 1.83. The maximum Gasteiger partial charge on any atom is 0.240 e. The van der Waals surface area contributed by atoms with Crippen LogP contribution in [-0.2, 0) is 16.4 Å². The summed E-state index contributed by atoms with van der Waals surface area (Å²) in [6, 6.07) is 5.51. The van der Waals surface area contributed by atoms with Gasteiger partial charge in [0.2, 0.25) is 10.0 Å². The van der Waals surface area contributed by atoms with Crippen LogP contribution in [0, 0.1) is 0 Å². The summed E-state index contributed by atoms with van der Waals surface area (Å²) in [5, 5.41) is 3.90. The van der Waals surface area contributed by atoms with E-state index in [4.69, 9.17) is 0 Å². The van der Waals surface area contributed by atoms with Crippen molar-refractivity contribution in [3.8, 4) is 0 Å². The number of aryl methyl sites for hydroxylation is 1. The van der Waals surface area contributed by atoms with Crippen LogP contribution in [0.25, 0.3) is 0 Å². The number of sulfonamides is 1. The van der Waals surface area contributed by atoms with E-state index in [0.29, 0.717) is 10.1 Å². The third kappa shape index (κ3) is 3.38. The highest BCUT2D eigenvalue weighted by Crippen LogP contribution is 2.30. The molecular formula is C15H22N2O2S2. The van der Waals surface area contributed by atoms with Crippen LogP contribution in [0.5, 0.6) is 0 Å². The average Bonchev–Trinajstić information content (AvgIpc) is 2.93. The number of fused-ring (bicyclic) bond motifs is 1. The monoisotopic (exact) mass is 326 g/mol. The van der Waals surface area contributed by atoms with Gasteiger partial charge in [-0.25, -0.2) is 13.1 Å². The summed E-state index contributed by atoms with van der Waals surface area (Å²) in [5.74, 6) is 0. The van der Waals surface area contributed by atoms with Gasteiger partial charge in [0.05, 0.1) is 4.90 Å². The standard InChI is InChI=1S/C15H22N2O2S2/c1-20-13-5-4-12(10-13)17-21(18,19)14-6-7-15-11(9-14)3-2-8-16-15/h6-7,9,12-13,16-17H,2-5,8,10H2,1H3. The maximum absolute atomic E-state index is 12.5. The van der Waals surface area contributed by atoms with E-state index < -0.39 is 10.0 Å². The van der Waals surface area contributed by atoms with E-state index >= 15 is 0 Å². The third-order valence-electron chi connectivity index (χ3n) is 4.37. The molecule has 3 rings (SSSR count). The SMILES string of the molecule is CSC1CCC(NS(=O)(=O)c2ccc3c(c2)CCCN3)C1. The molecule has 0 aromatic heterocycles. The molecule has 1 aliphatic carbocycles. The van der Waals surface area contributed by atoms with Crippen molar-refractivity contribution in [3.63, 3.8) is 0 Å². The molecule has 6 heteroatoms. The van der Waals surface area contributed by atoms with Gasteiger partial charge in [0.15, 0.2) is 0 Å². The van der Waals surface area contributed by atoms with E-state index in [-0.39, 0.29) is 6.04 Å². The van der Waals surface area contributed by atoms with Crippen LogP contribution in [0.1, 0.15) is 31.2 Å². The fraction of sp³-hybridized carbons (Fsp3) is 0.600. The van der Waals surface area contributed by atoms with Gasteiger partial charge < -0.3 is 5.32 Å². The Kier molecular flexibility index (Phi) is 4.47. The number of nitrogens with one attached hydrogen (secondary N) is 2. The lowest BCUT2D eigenvalue weighted by molar-refractivity contribution is 0.552. The number of anilines is 1. The first-order valence-electron chi connectivity index (χ1n) is 7.50. The lowest BCUT2D eigenvalue weighted by atomic mass is 10.0. The summed E-state index contributed by atoms with van der Waals surface area (Å²) in [4.78, 5) is 0.401. The highest BCUT2D eigenvalue weighted by Gasteiger charge is 2.28. The Labute approximate surface area is 131 Å². The smallest absolute Gasteiger partial charge is 0.240 e. The molecule has 2 N–H and O–H groups in total. The Hall–Kier alpha value is -0.720. The van der Waals surface area contributed by atoms with Crippen LogP contribution in [0.4, 0.5) is 5.69 Å². The van der Waals surface area contributed by atoms with Gasteiger partial charge in [0.1, 0.15) is 0 Å². The lowest BCUT2D eigenvalue weighted by Crippen LogP contribution is -2.33. The Bertz CT molecular complexity index is 616. The van der Waals surface area contributed by atoms with Gasteiger partial charge in [-0.2, -0.15) is 11.8 Å². The van der Waals surface area contributed by atoms with Crippen molar-refractivity contribution in [2.45, 2.75) is 48.3 Å². The largest absolute Gasteiger partial charge is 0.385 e. The van der Waals surface area contributed by atoms with Gasteiger partial charge in [-0.1, -0.05) is 0 Å². The summed E-state index contributed by atoms with van der Waals surface area (Å²) in [6.07, 6.45) is 7.08. The molecule has 21 heavy (non-hydrogen) atoms. The summed E-state index contributed by atoms with van der Waals surface area (Å²) in [5.41, 5.74) is 2.18. The zero-order chi connectivity index (χ0) is 14.9. The molecule has 116 valence electrons. The molecule has 4 nitrogen and oxygen atoms in total. The Morgan fingerprint density at radius 3 is 2.95 bits per heavy atom. The summed E-state index contributed by atoms with van der Waals surface area (Å²) < 4.78 is 27.9. The second kappa shape index (κ2) is 6.18. The molecule has 0 saturated heterocycles. The Balaban J connectivity index is 1.76. The lowest BCUT2D eigenvalue weighted by Gasteiger charge is -2.19. The molecule has 1 aromatic carbocycles. The normalized spacial score (nSPS) is 25.4. The van der Waals surface area contributed by atoms with E-state index in [1.165, 1.54) is 0 Å². The first-order chi connectivity index (χ1) is 10.1. The number of thioether (sulfide) groups is 1. The Morgan fingerprint density at radius 2 is 2.19 bits per heavy atom. The third-order valence-corrected chi connectivity index (χ3v) is 6.98. The number of hydrogen-bond acceptors (Lipinski definition) is 4. The quantitative estimate of drug-likeness (QED) is 0.893. The van der Waals surface area contributed by atoms with Crippen molar-refractivity contribution < 1.29 is 8.42 Å². The molecule has 2 unspecified atom stereocenters. The van der Waals surface area contributed by atoms with Gasteiger partial charge >= 0.3 is 0 Å². The molecule has 1 saturated carbocycles. The maximum atomic E-state index is 12.5. The van der Waals surface area contributed by atoms with Crippen LogP contribution >= 0.6 is 11.8 Å². The van der Waals surface area contributed by atoms with Crippen LogP contribution in [0.15, 0.2) is 23.1 Å². The van der Waals surface area contributed by atoms with Gasteiger partial charge in [-0.3, -0.25) is 0 Å². The molecule has 0 spiro atoms. The second-order valence-electron chi connectivity index (χ2n) is 5.84. The summed E-state index contributed by atoms with van der Waals surface area (Å²) in [7, 11) is -3.40. The predicted octanol–water partition coefficient (Wildman–Crippen LogP) is 2.61. The molecule has 0 amide bonds. The van der Waals surface area contributed by atoms with E-state index in [0.717, 1.165) is 49.9 Å².